The molecule has 0 radical (unpaired) electrons. The topological polar surface area (TPSA) is 69.9 Å². The molecule has 1 aliphatic carbocycles. The van der Waals surface area contributed by atoms with E-state index in [1.54, 1.807) is 49.8 Å². The van der Waals surface area contributed by atoms with Crippen LogP contribution < -0.4 is 4.74 Å². The molecule has 1 unspecified atom stereocenters. The summed E-state index contributed by atoms with van der Waals surface area (Å²) in [7, 11) is 2.87. The molecule has 1 aromatic heterocycles. The molecule has 0 saturated carbocycles. The quantitative estimate of drug-likeness (QED) is 0.211. The zero-order valence-electron chi connectivity index (χ0n) is 19.5. The first kappa shape index (κ1) is 25.2. The van der Waals surface area contributed by atoms with Crippen LogP contribution in [0.25, 0.3) is 10.9 Å². The number of nitrogens with zero attached hydrogens (tertiary/aromatic N) is 1. The van der Waals surface area contributed by atoms with E-state index in [0.717, 1.165) is 12.0 Å². The molecule has 0 fully saturated rings. The van der Waals surface area contributed by atoms with Crippen molar-refractivity contribution in [3.8, 4) is 5.75 Å². The minimum atomic E-state index is -1.15. The fourth-order valence-electron chi connectivity index (χ4n) is 3.63. The van der Waals surface area contributed by atoms with Crippen LogP contribution in [0.2, 0.25) is 0 Å². The van der Waals surface area contributed by atoms with Gasteiger partial charge in [0.25, 0.3) is 0 Å². The number of hydrogen-bond acceptors (Lipinski definition) is 6. The number of hydrogen-bond donors (Lipinski definition) is 2. The number of carbonyl (C=O) groups excluding carboxylic acids is 1. The van der Waals surface area contributed by atoms with Crippen LogP contribution in [0.5, 0.6) is 5.75 Å². The Balaban J connectivity index is 1.92. The van der Waals surface area contributed by atoms with Crippen molar-refractivity contribution in [3.63, 3.8) is 0 Å². The van der Waals surface area contributed by atoms with Gasteiger partial charge in [0.2, 0.25) is 0 Å². The van der Waals surface area contributed by atoms with E-state index in [1.165, 1.54) is 11.1 Å². The number of allylic oxidation sites excluding steroid dienone is 7. The number of fused-ring (bicyclic) bond motifs is 1. The van der Waals surface area contributed by atoms with Crippen LogP contribution in [-0.4, -0.2) is 35.9 Å². The predicted molar refractivity (Wildman–Crippen MR) is 138 cm³/mol. The zero-order valence-corrected chi connectivity index (χ0v) is 20.4. The first-order valence-corrected chi connectivity index (χ1v) is 11.2. The summed E-state index contributed by atoms with van der Waals surface area (Å²) in [6, 6.07) is 5.25. The fraction of sp³-hybridized carbons (Fsp3) is 0.222. The number of ether oxygens (including phenoxy) is 3. The molecular formula is C27H29NO5S. The summed E-state index contributed by atoms with van der Waals surface area (Å²) in [5.41, 5.74) is 2.79. The Morgan fingerprint density at radius 1 is 1.29 bits per heavy atom. The van der Waals surface area contributed by atoms with Gasteiger partial charge < -0.3 is 19.3 Å². The lowest BCUT2D eigenvalue weighted by molar-refractivity contribution is 0.0597. The van der Waals surface area contributed by atoms with Gasteiger partial charge in [-0.1, -0.05) is 61.4 Å². The number of aliphatic hydroxyl groups excluding tert-OH is 1. The van der Waals surface area contributed by atoms with Crippen LogP contribution in [0.1, 0.15) is 35.5 Å². The van der Waals surface area contributed by atoms with Gasteiger partial charge in [-0.25, -0.2) is 4.79 Å². The summed E-state index contributed by atoms with van der Waals surface area (Å²) in [6.45, 7) is 2.29. The molecule has 0 saturated heterocycles. The van der Waals surface area contributed by atoms with Crippen molar-refractivity contribution in [2.45, 2.75) is 19.4 Å². The summed E-state index contributed by atoms with van der Waals surface area (Å²) in [6.07, 6.45) is 18.6. The van der Waals surface area contributed by atoms with E-state index in [9.17, 15) is 9.90 Å². The van der Waals surface area contributed by atoms with Gasteiger partial charge in [0, 0.05) is 11.5 Å². The Hall–Kier alpha value is -3.42. The molecule has 6 nitrogen and oxygen atoms in total. The Labute approximate surface area is 205 Å². The Bertz CT molecular complexity index is 1210. The van der Waals surface area contributed by atoms with E-state index >= 15 is 0 Å². The third-order valence-corrected chi connectivity index (χ3v) is 5.71. The molecule has 0 aliphatic heterocycles. The molecule has 0 spiro atoms. The summed E-state index contributed by atoms with van der Waals surface area (Å²) >= 11 is 4.58. The second-order valence-electron chi connectivity index (χ2n) is 7.46. The molecule has 3 rings (SSSR count). The summed E-state index contributed by atoms with van der Waals surface area (Å²) < 4.78 is 17.4. The van der Waals surface area contributed by atoms with E-state index in [2.05, 4.69) is 25.0 Å². The maximum absolute atomic E-state index is 12.7. The number of benzene rings is 1. The van der Waals surface area contributed by atoms with E-state index in [-0.39, 0.29) is 5.56 Å². The number of carbonyl (C=O) groups is 1. The third kappa shape index (κ3) is 5.73. The summed E-state index contributed by atoms with van der Waals surface area (Å²) in [5.74, 6) is 0.0469. The van der Waals surface area contributed by atoms with Crippen LogP contribution in [0.15, 0.2) is 90.3 Å². The van der Waals surface area contributed by atoms with Gasteiger partial charge >= 0.3 is 5.97 Å². The third-order valence-electron chi connectivity index (χ3n) is 5.27. The Morgan fingerprint density at radius 2 is 2.12 bits per heavy atom. The van der Waals surface area contributed by atoms with Crippen LogP contribution in [-0.2, 0) is 9.47 Å². The largest absolute Gasteiger partial charge is 0.497 e. The average molecular weight is 480 g/mol. The number of esters is 1. The van der Waals surface area contributed by atoms with Crippen LogP contribution >= 0.6 is 12.8 Å². The van der Waals surface area contributed by atoms with Crippen LogP contribution in [0.4, 0.5) is 0 Å². The van der Waals surface area contributed by atoms with E-state index in [4.69, 9.17) is 14.2 Å². The molecule has 1 aromatic carbocycles. The van der Waals surface area contributed by atoms with Crippen LogP contribution in [0.3, 0.4) is 0 Å². The first-order valence-electron chi connectivity index (χ1n) is 10.8. The maximum Gasteiger partial charge on any atom is 0.340 e. The number of methoxy groups -OCH3 is 2. The molecule has 7 heteroatoms. The molecule has 178 valence electrons. The molecule has 2 aromatic rings. The standard InChI is InChI=1S/C27H29NO5S/c1-4-10-20(13-9-16-33-18-19-11-7-5-6-8-12-19)26(29)25-24(27(30)32-3)22-15-14-21(31-2)17-23(22)28(25)34/h4-5,7-17,26,29,34H,6,18H2,1-3H3/b10-4-,16-9+,20-13+. The van der Waals surface area contributed by atoms with Gasteiger partial charge in [-0.2, -0.15) is 0 Å². The van der Waals surface area contributed by atoms with Crippen molar-refractivity contribution in [2.75, 3.05) is 20.8 Å². The maximum atomic E-state index is 12.7. The van der Waals surface area contributed by atoms with Gasteiger partial charge in [0.15, 0.2) is 0 Å². The van der Waals surface area contributed by atoms with Crippen molar-refractivity contribution < 1.29 is 24.1 Å². The lowest BCUT2D eigenvalue weighted by Crippen LogP contribution is -2.11. The second kappa shape index (κ2) is 12.2. The van der Waals surface area contributed by atoms with Crippen molar-refractivity contribution in [1.82, 2.24) is 3.97 Å². The minimum Gasteiger partial charge on any atom is -0.497 e. The van der Waals surface area contributed by atoms with Crippen LogP contribution in [0, 0.1) is 0 Å². The highest BCUT2D eigenvalue weighted by molar-refractivity contribution is 7.78. The Kier molecular flexibility index (Phi) is 9.01. The predicted octanol–water partition coefficient (Wildman–Crippen LogP) is 5.64. The molecule has 0 bridgehead atoms. The molecule has 1 N–H and O–H groups in total. The number of rotatable bonds is 9. The van der Waals surface area contributed by atoms with Crippen molar-refractivity contribution in [2.24, 2.45) is 0 Å². The number of thiol groups is 1. The van der Waals surface area contributed by atoms with Gasteiger partial charge in [-0.15, -0.1) is 0 Å². The van der Waals surface area contributed by atoms with Gasteiger partial charge in [-0.3, -0.25) is 3.97 Å². The smallest absolute Gasteiger partial charge is 0.340 e. The minimum absolute atomic E-state index is 0.249. The molecule has 1 atom stereocenters. The Morgan fingerprint density at radius 3 is 2.85 bits per heavy atom. The lowest BCUT2D eigenvalue weighted by Gasteiger charge is -2.15. The monoisotopic (exact) mass is 479 g/mol. The first-order chi connectivity index (χ1) is 16.5. The summed E-state index contributed by atoms with van der Waals surface area (Å²) in [5, 5.41) is 11.9. The lowest BCUT2D eigenvalue weighted by atomic mass is 10.0. The molecular weight excluding hydrogens is 450 g/mol. The average Bonchev–Trinajstić information content (AvgIpc) is 2.99. The fourth-order valence-corrected chi connectivity index (χ4v) is 4.00. The van der Waals surface area contributed by atoms with E-state index < -0.39 is 12.1 Å². The molecule has 34 heavy (non-hydrogen) atoms. The van der Waals surface area contributed by atoms with Gasteiger partial charge in [0.05, 0.1) is 37.3 Å². The van der Waals surface area contributed by atoms with Gasteiger partial charge in [0.1, 0.15) is 18.5 Å². The van der Waals surface area contributed by atoms with Crippen molar-refractivity contribution in [1.29, 1.82) is 0 Å². The van der Waals surface area contributed by atoms with Crippen molar-refractivity contribution >= 4 is 29.7 Å². The normalized spacial score (nSPS) is 15.1. The highest BCUT2D eigenvalue weighted by atomic mass is 32.1. The SMILES string of the molecule is C\C=C/C(=C\C=C\OCC1=CC=CCC=C1)C(O)c1c(C(=O)OC)c2ccc(OC)cc2n1S. The zero-order chi connectivity index (χ0) is 24.5. The molecule has 1 heterocycles. The summed E-state index contributed by atoms with van der Waals surface area (Å²) in [4.78, 5) is 12.7. The highest BCUT2D eigenvalue weighted by Crippen LogP contribution is 2.36. The molecule has 0 amide bonds. The van der Waals surface area contributed by atoms with E-state index in [0.29, 0.717) is 34.5 Å². The van der Waals surface area contributed by atoms with E-state index in [1.807, 2.05) is 31.2 Å². The van der Waals surface area contributed by atoms with Gasteiger partial charge in [-0.05, 0) is 42.7 Å². The second-order valence-corrected chi connectivity index (χ2v) is 7.86. The number of aliphatic hydroxyl groups is 1. The molecule has 1 aliphatic rings. The van der Waals surface area contributed by atoms with Crippen molar-refractivity contribution in [3.05, 3.63) is 102 Å². The number of aromatic nitrogens is 1. The highest BCUT2D eigenvalue weighted by Gasteiger charge is 2.28.